The summed E-state index contributed by atoms with van der Waals surface area (Å²) in [6.45, 7) is 19.5. The molecule has 3 aliphatic carbocycles. The number of methoxy groups -OCH3 is 1. The third kappa shape index (κ3) is 5.66. The Labute approximate surface area is 203 Å². The van der Waals surface area contributed by atoms with Crippen LogP contribution in [0.4, 0.5) is 0 Å². The number of allylic oxidation sites excluding steroid dienone is 5. The first-order valence-electron chi connectivity index (χ1n) is 13.0. The van der Waals surface area contributed by atoms with Gasteiger partial charge in [-0.3, -0.25) is 4.79 Å². The minimum Gasteiger partial charge on any atom is -0.469 e. The van der Waals surface area contributed by atoms with Crippen molar-refractivity contribution in [2.75, 3.05) is 7.11 Å². The highest BCUT2D eigenvalue weighted by Gasteiger charge is 2.63. The lowest BCUT2D eigenvalue weighted by atomic mass is 9.38. The lowest BCUT2D eigenvalue weighted by Crippen LogP contribution is -2.61. The molecule has 188 valence electrons. The Hall–Kier alpha value is -1.35. The zero-order valence-electron chi connectivity index (χ0n) is 22.6. The summed E-state index contributed by atoms with van der Waals surface area (Å²) < 4.78 is 5.03. The third-order valence-electron chi connectivity index (χ3n) is 9.81. The molecule has 1 N–H and O–H groups in total. The van der Waals surface area contributed by atoms with Gasteiger partial charge >= 0.3 is 5.97 Å². The predicted octanol–water partition coefficient (Wildman–Crippen LogP) is 7.51. The van der Waals surface area contributed by atoms with Crippen molar-refractivity contribution in [2.24, 2.45) is 39.9 Å². The number of fused-ring (bicyclic) bond motifs is 3. The van der Waals surface area contributed by atoms with Crippen LogP contribution in [0.5, 0.6) is 0 Å². The molecule has 0 aliphatic heterocycles. The second kappa shape index (κ2) is 10.9. The van der Waals surface area contributed by atoms with Crippen molar-refractivity contribution >= 4 is 5.97 Å². The van der Waals surface area contributed by atoms with Crippen LogP contribution in [0.3, 0.4) is 0 Å². The monoisotopic (exact) mass is 458 g/mol. The van der Waals surface area contributed by atoms with E-state index in [-0.39, 0.29) is 28.3 Å². The topological polar surface area (TPSA) is 46.5 Å². The molecule has 7 atom stereocenters. The summed E-state index contributed by atoms with van der Waals surface area (Å²) in [6, 6.07) is 0. The van der Waals surface area contributed by atoms with Gasteiger partial charge in [-0.25, -0.2) is 0 Å². The highest BCUT2D eigenvalue weighted by atomic mass is 16.5. The van der Waals surface area contributed by atoms with E-state index < -0.39 is 0 Å². The van der Waals surface area contributed by atoms with Crippen LogP contribution in [0.2, 0.25) is 0 Å². The first-order valence-corrected chi connectivity index (χ1v) is 13.0. The first-order chi connectivity index (χ1) is 15.3. The fourth-order valence-corrected chi connectivity index (χ4v) is 7.99. The number of hydrogen-bond acceptors (Lipinski definition) is 3. The highest BCUT2D eigenvalue weighted by molar-refractivity contribution is 5.69. The van der Waals surface area contributed by atoms with Crippen LogP contribution >= 0.6 is 0 Å². The zero-order chi connectivity index (χ0) is 25.0. The molecular weight excluding hydrogens is 408 g/mol. The van der Waals surface area contributed by atoms with Crippen molar-refractivity contribution in [2.45, 2.75) is 99.5 Å². The molecule has 0 aromatic heterocycles. The summed E-state index contributed by atoms with van der Waals surface area (Å²) in [4.78, 5) is 12.1. The molecule has 33 heavy (non-hydrogen) atoms. The minimum absolute atomic E-state index is 0.00472. The first kappa shape index (κ1) is 27.9. The van der Waals surface area contributed by atoms with Crippen LogP contribution in [0.25, 0.3) is 0 Å². The molecule has 3 aliphatic rings. The molecule has 0 radical (unpaired) electrons. The van der Waals surface area contributed by atoms with Crippen molar-refractivity contribution in [3.05, 3.63) is 36.5 Å². The Morgan fingerprint density at radius 2 is 1.64 bits per heavy atom. The molecule has 0 aromatic carbocycles. The second-order valence-electron chi connectivity index (χ2n) is 12.3. The number of ether oxygens (including phenoxy) is 1. The molecule has 3 saturated carbocycles. The number of rotatable bonds is 4. The number of hydrogen-bond donors (Lipinski definition) is 1. The molecule has 0 saturated heterocycles. The number of aliphatic hydroxyl groups excluding tert-OH is 1. The van der Waals surface area contributed by atoms with E-state index in [4.69, 9.17) is 4.74 Å². The van der Waals surface area contributed by atoms with Gasteiger partial charge in [-0.05, 0) is 85.9 Å². The molecule has 0 heterocycles. The van der Waals surface area contributed by atoms with Gasteiger partial charge in [0.15, 0.2) is 0 Å². The lowest BCUT2D eigenvalue weighted by molar-refractivity contribution is -0.202. The Balaban J connectivity index is 0.000000414. The molecule has 0 spiro atoms. The van der Waals surface area contributed by atoms with Gasteiger partial charge < -0.3 is 9.84 Å². The lowest BCUT2D eigenvalue weighted by Gasteiger charge is -2.67. The van der Waals surface area contributed by atoms with Gasteiger partial charge in [0, 0.05) is 6.42 Å². The van der Waals surface area contributed by atoms with Gasteiger partial charge in [0.2, 0.25) is 0 Å². The summed E-state index contributed by atoms with van der Waals surface area (Å²) in [5, 5.41) is 10.6. The number of carbonyl (C=O) groups is 1. The molecule has 3 fully saturated rings. The van der Waals surface area contributed by atoms with Crippen molar-refractivity contribution in [3.8, 4) is 0 Å². The molecule has 3 rings (SSSR count). The quantitative estimate of drug-likeness (QED) is 0.350. The van der Waals surface area contributed by atoms with Gasteiger partial charge in [-0.1, -0.05) is 77.5 Å². The summed E-state index contributed by atoms with van der Waals surface area (Å²) in [6.07, 6.45) is 15.0. The van der Waals surface area contributed by atoms with E-state index in [1.807, 2.05) is 18.2 Å². The Kier molecular flexibility index (Phi) is 9.24. The van der Waals surface area contributed by atoms with E-state index >= 15 is 0 Å². The molecule has 0 bridgehead atoms. The Morgan fingerprint density at radius 1 is 1.00 bits per heavy atom. The maximum Gasteiger partial charge on any atom is 0.305 e. The van der Waals surface area contributed by atoms with Gasteiger partial charge in [0.1, 0.15) is 0 Å². The van der Waals surface area contributed by atoms with Gasteiger partial charge in [0.25, 0.3) is 0 Å². The number of aliphatic hydroxyl groups is 1. The molecule has 0 aromatic rings. The molecule has 5 unspecified atom stereocenters. The maximum atomic E-state index is 12.1. The third-order valence-corrected chi connectivity index (χ3v) is 9.81. The summed E-state index contributed by atoms with van der Waals surface area (Å²) in [5.41, 5.74) is 1.80. The van der Waals surface area contributed by atoms with Gasteiger partial charge in [-0.15, -0.1) is 0 Å². The van der Waals surface area contributed by atoms with E-state index in [0.29, 0.717) is 30.1 Å². The maximum absolute atomic E-state index is 12.1. The van der Waals surface area contributed by atoms with Crippen LogP contribution < -0.4 is 0 Å². The average molecular weight is 459 g/mol. The molecule has 3 nitrogen and oxygen atoms in total. The van der Waals surface area contributed by atoms with Crippen LogP contribution in [0.15, 0.2) is 36.5 Å². The van der Waals surface area contributed by atoms with Crippen molar-refractivity contribution in [3.63, 3.8) is 0 Å². The SMILES string of the molecule is C=C/C=C/C=C(C)C.COC(=O)CC1C(C)CCC2[C@@]1(C)CCC1C(C)(C)C(O)CC[C@@]12C. The smallest absolute Gasteiger partial charge is 0.305 e. The molecular formula is C30H50O3. The van der Waals surface area contributed by atoms with Crippen LogP contribution in [-0.2, 0) is 9.53 Å². The summed E-state index contributed by atoms with van der Waals surface area (Å²) in [5.74, 6) is 2.19. The zero-order valence-corrected chi connectivity index (χ0v) is 22.6. The number of carbonyl (C=O) groups excluding carboxylic acids is 1. The van der Waals surface area contributed by atoms with E-state index in [1.54, 1.807) is 6.08 Å². The Bertz CT molecular complexity index is 744. The van der Waals surface area contributed by atoms with Crippen molar-refractivity contribution in [1.82, 2.24) is 0 Å². The Morgan fingerprint density at radius 3 is 2.21 bits per heavy atom. The van der Waals surface area contributed by atoms with E-state index in [9.17, 15) is 9.90 Å². The van der Waals surface area contributed by atoms with Crippen LogP contribution in [0.1, 0.15) is 93.4 Å². The predicted molar refractivity (Wildman–Crippen MR) is 139 cm³/mol. The van der Waals surface area contributed by atoms with Crippen molar-refractivity contribution in [1.29, 1.82) is 0 Å². The molecule has 0 amide bonds. The fourth-order valence-electron chi connectivity index (χ4n) is 7.99. The van der Waals surface area contributed by atoms with Crippen LogP contribution in [-0.4, -0.2) is 24.3 Å². The standard InChI is InChI=1S/C22H38O3.C8H12/c1-14-7-8-17-21(4,15(14)13-19(24)25-6)11-9-16-20(2,3)18(23)10-12-22(16,17)5;1-4-5-6-7-8(2)3/h14-18,23H,7-13H2,1-6H3;4-7H,1H2,2-3H3/b;6-5+/t14?,15?,16?,17?,18?,21-,22-;/m0./s1. The summed E-state index contributed by atoms with van der Waals surface area (Å²) >= 11 is 0. The average Bonchev–Trinajstić information content (AvgIpc) is 2.73. The molecule has 3 heteroatoms. The normalized spacial score (nSPS) is 39.4. The van der Waals surface area contributed by atoms with E-state index in [1.165, 1.54) is 38.4 Å². The highest BCUT2D eigenvalue weighted by Crippen LogP contribution is 2.69. The van der Waals surface area contributed by atoms with Gasteiger partial charge in [-0.2, -0.15) is 0 Å². The minimum atomic E-state index is -0.177. The van der Waals surface area contributed by atoms with Crippen LogP contribution in [0, 0.1) is 39.9 Å². The second-order valence-corrected chi connectivity index (χ2v) is 12.3. The van der Waals surface area contributed by atoms with Gasteiger partial charge in [0.05, 0.1) is 13.2 Å². The fraction of sp³-hybridized carbons (Fsp3) is 0.767. The van der Waals surface area contributed by atoms with Crippen molar-refractivity contribution < 1.29 is 14.6 Å². The van der Waals surface area contributed by atoms with E-state index in [0.717, 1.165) is 12.8 Å². The summed E-state index contributed by atoms with van der Waals surface area (Å²) in [7, 11) is 1.51. The largest absolute Gasteiger partial charge is 0.469 e. The van der Waals surface area contributed by atoms with E-state index in [2.05, 4.69) is 55.0 Å². The number of esters is 1.